The molecule has 0 fully saturated rings. The van der Waals surface area contributed by atoms with E-state index in [0.717, 1.165) is 12.8 Å². The van der Waals surface area contributed by atoms with Crippen LogP contribution in [0.15, 0.2) is 0 Å². The molecule has 0 rings (SSSR count). The molecular formula is C10H23NO2. The zero-order valence-corrected chi connectivity index (χ0v) is 9.30. The Morgan fingerprint density at radius 3 is 2.15 bits per heavy atom. The summed E-state index contributed by atoms with van der Waals surface area (Å²) in [5, 5.41) is 0. The van der Waals surface area contributed by atoms with Crippen molar-refractivity contribution in [2.75, 3.05) is 20.3 Å². The molecule has 3 nitrogen and oxygen atoms in total. The first kappa shape index (κ1) is 12.9. The summed E-state index contributed by atoms with van der Waals surface area (Å²) in [7, 11) is 1.69. The summed E-state index contributed by atoms with van der Waals surface area (Å²) >= 11 is 0. The second-order valence-corrected chi connectivity index (χ2v) is 3.45. The zero-order chi connectivity index (χ0) is 10.3. The molecule has 0 saturated heterocycles. The Kier molecular flexibility index (Phi) is 6.29. The van der Waals surface area contributed by atoms with E-state index in [-0.39, 0.29) is 11.7 Å². The van der Waals surface area contributed by atoms with Crippen LogP contribution in [0.3, 0.4) is 0 Å². The Hall–Kier alpha value is -0.120. The lowest BCUT2D eigenvalue weighted by atomic mass is 9.97. The largest absolute Gasteiger partial charge is 0.379 e. The number of methoxy groups -OCH3 is 1. The van der Waals surface area contributed by atoms with Crippen molar-refractivity contribution in [2.45, 2.75) is 45.3 Å². The minimum Gasteiger partial charge on any atom is -0.379 e. The van der Waals surface area contributed by atoms with Gasteiger partial charge in [0.15, 0.2) is 0 Å². The summed E-state index contributed by atoms with van der Waals surface area (Å²) < 4.78 is 10.9. The Balaban J connectivity index is 3.95. The molecule has 0 aliphatic carbocycles. The molecule has 0 aliphatic rings. The second kappa shape index (κ2) is 6.35. The highest BCUT2D eigenvalue weighted by molar-refractivity contribution is 4.78. The zero-order valence-electron chi connectivity index (χ0n) is 9.30. The van der Waals surface area contributed by atoms with Gasteiger partial charge in [0.2, 0.25) is 0 Å². The highest BCUT2D eigenvalue weighted by Gasteiger charge is 2.25. The van der Waals surface area contributed by atoms with Crippen LogP contribution < -0.4 is 5.73 Å². The molecule has 3 heteroatoms. The van der Waals surface area contributed by atoms with E-state index >= 15 is 0 Å². The predicted octanol–water partition coefficient (Wildman–Crippen LogP) is 1.56. The topological polar surface area (TPSA) is 44.5 Å². The fraction of sp³-hybridized carbons (Fsp3) is 1.00. The van der Waals surface area contributed by atoms with Crippen molar-refractivity contribution >= 4 is 0 Å². The van der Waals surface area contributed by atoms with Crippen molar-refractivity contribution in [3.05, 3.63) is 0 Å². The highest BCUT2D eigenvalue weighted by Crippen LogP contribution is 2.19. The first-order chi connectivity index (χ1) is 6.14. The average molecular weight is 189 g/mol. The van der Waals surface area contributed by atoms with Crippen molar-refractivity contribution in [3.63, 3.8) is 0 Å². The predicted molar refractivity (Wildman–Crippen MR) is 54.8 cm³/mol. The van der Waals surface area contributed by atoms with Crippen LogP contribution in [0.5, 0.6) is 0 Å². The summed E-state index contributed by atoms with van der Waals surface area (Å²) in [6, 6.07) is 0. The normalized spacial score (nSPS) is 14.5. The van der Waals surface area contributed by atoms with Gasteiger partial charge in [-0.1, -0.05) is 13.8 Å². The van der Waals surface area contributed by atoms with Gasteiger partial charge in [0.05, 0.1) is 18.3 Å². The van der Waals surface area contributed by atoms with Gasteiger partial charge in [0, 0.05) is 13.7 Å². The molecule has 0 aromatic heterocycles. The molecule has 1 atom stereocenters. The van der Waals surface area contributed by atoms with E-state index in [1.165, 1.54) is 0 Å². The fourth-order valence-electron chi connectivity index (χ4n) is 1.16. The van der Waals surface area contributed by atoms with Crippen LogP contribution >= 0.6 is 0 Å². The molecule has 0 aromatic carbocycles. The van der Waals surface area contributed by atoms with Gasteiger partial charge in [-0.2, -0.15) is 0 Å². The van der Waals surface area contributed by atoms with Gasteiger partial charge in [-0.3, -0.25) is 0 Å². The molecule has 0 aliphatic heterocycles. The Morgan fingerprint density at radius 2 is 1.85 bits per heavy atom. The molecule has 2 N–H and O–H groups in total. The SMILES string of the molecule is CCC(CC)(CN)OCC(C)OC. The third-order valence-electron chi connectivity index (χ3n) is 2.69. The van der Waals surface area contributed by atoms with E-state index in [2.05, 4.69) is 13.8 Å². The third-order valence-corrected chi connectivity index (χ3v) is 2.69. The molecule has 0 aromatic rings. The molecule has 1 unspecified atom stereocenters. The summed E-state index contributed by atoms with van der Waals surface area (Å²) in [4.78, 5) is 0. The van der Waals surface area contributed by atoms with E-state index in [9.17, 15) is 0 Å². The lowest BCUT2D eigenvalue weighted by Crippen LogP contribution is -2.41. The van der Waals surface area contributed by atoms with Crippen LogP contribution in [0.25, 0.3) is 0 Å². The maximum atomic E-state index is 5.78. The molecule has 80 valence electrons. The molecule has 0 saturated carbocycles. The van der Waals surface area contributed by atoms with Crippen LogP contribution in [0.2, 0.25) is 0 Å². The number of rotatable bonds is 7. The number of hydrogen-bond acceptors (Lipinski definition) is 3. The molecule has 13 heavy (non-hydrogen) atoms. The van der Waals surface area contributed by atoms with Crippen molar-refractivity contribution in [3.8, 4) is 0 Å². The summed E-state index contributed by atoms with van der Waals surface area (Å²) in [5.41, 5.74) is 5.54. The van der Waals surface area contributed by atoms with Crippen LogP contribution in [-0.2, 0) is 9.47 Å². The van der Waals surface area contributed by atoms with E-state index in [4.69, 9.17) is 15.2 Å². The minimum atomic E-state index is -0.146. The van der Waals surface area contributed by atoms with Gasteiger partial charge < -0.3 is 15.2 Å². The van der Waals surface area contributed by atoms with Gasteiger partial charge in [0.25, 0.3) is 0 Å². The van der Waals surface area contributed by atoms with Gasteiger partial charge >= 0.3 is 0 Å². The Bertz CT molecular complexity index is 116. The van der Waals surface area contributed by atoms with E-state index < -0.39 is 0 Å². The second-order valence-electron chi connectivity index (χ2n) is 3.45. The first-order valence-electron chi connectivity index (χ1n) is 5.01. The molecule has 0 amide bonds. The number of nitrogens with two attached hydrogens (primary N) is 1. The Labute approximate surface area is 81.6 Å². The Morgan fingerprint density at radius 1 is 1.31 bits per heavy atom. The van der Waals surface area contributed by atoms with Crippen LogP contribution in [-0.4, -0.2) is 32.0 Å². The standard InChI is InChI=1S/C10H23NO2/c1-5-10(6-2,8-11)13-7-9(3)12-4/h9H,5-8,11H2,1-4H3. The monoisotopic (exact) mass is 189 g/mol. The molecule has 0 bridgehead atoms. The highest BCUT2D eigenvalue weighted by atomic mass is 16.5. The third kappa shape index (κ3) is 4.07. The lowest BCUT2D eigenvalue weighted by molar-refractivity contribution is -0.0830. The van der Waals surface area contributed by atoms with E-state index in [0.29, 0.717) is 13.2 Å². The van der Waals surface area contributed by atoms with Gasteiger partial charge in [0.1, 0.15) is 0 Å². The lowest BCUT2D eigenvalue weighted by Gasteiger charge is -2.31. The van der Waals surface area contributed by atoms with Gasteiger partial charge in [-0.15, -0.1) is 0 Å². The number of hydrogen-bond donors (Lipinski definition) is 1. The van der Waals surface area contributed by atoms with Crippen LogP contribution in [0.4, 0.5) is 0 Å². The van der Waals surface area contributed by atoms with Crippen molar-refractivity contribution in [1.82, 2.24) is 0 Å². The molecular weight excluding hydrogens is 166 g/mol. The van der Waals surface area contributed by atoms with Crippen LogP contribution in [0.1, 0.15) is 33.6 Å². The van der Waals surface area contributed by atoms with Gasteiger partial charge in [-0.25, -0.2) is 0 Å². The first-order valence-corrected chi connectivity index (χ1v) is 5.01. The maximum Gasteiger partial charge on any atom is 0.0800 e. The summed E-state index contributed by atoms with van der Waals surface area (Å²) in [6.45, 7) is 7.40. The number of ether oxygens (including phenoxy) is 2. The molecule has 0 radical (unpaired) electrons. The molecule has 0 spiro atoms. The smallest absolute Gasteiger partial charge is 0.0800 e. The van der Waals surface area contributed by atoms with Crippen molar-refractivity contribution in [1.29, 1.82) is 0 Å². The van der Waals surface area contributed by atoms with E-state index in [1.54, 1.807) is 7.11 Å². The summed E-state index contributed by atoms with van der Waals surface area (Å²) in [5.74, 6) is 0. The van der Waals surface area contributed by atoms with Gasteiger partial charge in [-0.05, 0) is 19.8 Å². The maximum absolute atomic E-state index is 5.78. The van der Waals surface area contributed by atoms with Crippen molar-refractivity contribution < 1.29 is 9.47 Å². The van der Waals surface area contributed by atoms with Crippen molar-refractivity contribution in [2.24, 2.45) is 5.73 Å². The quantitative estimate of drug-likeness (QED) is 0.661. The fourth-order valence-corrected chi connectivity index (χ4v) is 1.16. The van der Waals surface area contributed by atoms with E-state index in [1.807, 2.05) is 6.92 Å². The molecule has 0 heterocycles. The average Bonchev–Trinajstić information content (AvgIpc) is 2.20. The van der Waals surface area contributed by atoms with Crippen LogP contribution in [0, 0.1) is 0 Å². The minimum absolute atomic E-state index is 0.143. The summed E-state index contributed by atoms with van der Waals surface area (Å²) in [6.07, 6.45) is 2.05.